The number of nitriles is 1. The molecule has 21 heavy (non-hydrogen) atoms. The fraction of sp³-hybridized carbons (Fsp3) is 0.278. The van der Waals surface area contributed by atoms with E-state index in [1.54, 1.807) is 7.11 Å². The number of fused-ring (bicyclic) bond motifs is 1. The third kappa shape index (κ3) is 2.45. The van der Waals surface area contributed by atoms with E-state index in [1.807, 2.05) is 24.3 Å². The van der Waals surface area contributed by atoms with Crippen molar-refractivity contribution in [3.63, 3.8) is 0 Å². The summed E-state index contributed by atoms with van der Waals surface area (Å²) < 4.78 is 5.32. The van der Waals surface area contributed by atoms with Crippen LogP contribution in [0.5, 0.6) is 5.75 Å². The molecule has 1 heterocycles. The van der Waals surface area contributed by atoms with Gasteiger partial charge in [-0.15, -0.1) is 0 Å². The second-order valence-corrected chi connectivity index (χ2v) is 5.54. The highest BCUT2D eigenvalue weighted by molar-refractivity contribution is 5.73. The maximum Gasteiger partial charge on any atom is 0.121 e. The van der Waals surface area contributed by atoms with Gasteiger partial charge in [-0.25, -0.2) is 0 Å². The fourth-order valence-corrected chi connectivity index (χ4v) is 2.98. The van der Waals surface area contributed by atoms with Crippen LogP contribution >= 0.6 is 0 Å². The third-order valence-electron chi connectivity index (χ3n) is 3.96. The van der Waals surface area contributed by atoms with Crippen LogP contribution in [-0.2, 0) is 6.42 Å². The lowest BCUT2D eigenvalue weighted by Gasteiger charge is -2.35. The largest absolute Gasteiger partial charge is 0.497 e. The van der Waals surface area contributed by atoms with Gasteiger partial charge in [0.05, 0.1) is 18.4 Å². The molecule has 0 aromatic heterocycles. The van der Waals surface area contributed by atoms with E-state index in [9.17, 15) is 5.26 Å². The molecule has 0 fully saturated rings. The molecule has 3 heteroatoms. The van der Waals surface area contributed by atoms with Crippen molar-refractivity contribution in [1.29, 1.82) is 5.26 Å². The molecular formula is C18H18N2O. The van der Waals surface area contributed by atoms with Crippen LogP contribution in [0.4, 0.5) is 11.4 Å². The SMILES string of the molecule is COc1ccc(C#N)c(N2CC(C)Cc3ccccc32)c1. The molecule has 0 aliphatic carbocycles. The predicted molar refractivity (Wildman–Crippen MR) is 84.0 cm³/mol. The lowest BCUT2D eigenvalue weighted by molar-refractivity contribution is 0.414. The topological polar surface area (TPSA) is 36.3 Å². The zero-order chi connectivity index (χ0) is 14.8. The van der Waals surface area contributed by atoms with Gasteiger partial charge in [0, 0.05) is 18.3 Å². The summed E-state index contributed by atoms with van der Waals surface area (Å²) in [6, 6.07) is 16.3. The van der Waals surface area contributed by atoms with Crippen LogP contribution < -0.4 is 9.64 Å². The van der Waals surface area contributed by atoms with Gasteiger partial charge in [0.2, 0.25) is 0 Å². The first-order valence-electron chi connectivity index (χ1n) is 7.16. The van der Waals surface area contributed by atoms with Crippen LogP contribution in [0.2, 0.25) is 0 Å². The summed E-state index contributed by atoms with van der Waals surface area (Å²) in [5.41, 5.74) is 4.14. The van der Waals surface area contributed by atoms with E-state index in [0.29, 0.717) is 11.5 Å². The molecule has 0 N–H and O–H groups in total. The van der Waals surface area contributed by atoms with E-state index in [1.165, 1.54) is 11.3 Å². The highest BCUT2D eigenvalue weighted by atomic mass is 16.5. The van der Waals surface area contributed by atoms with E-state index in [4.69, 9.17) is 4.74 Å². The lowest BCUT2D eigenvalue weighted by atomic mass is 9.93. The number of rotatable bonds is 2. The van der Waals surface area contributed by atoms with Gasteiger partial charge < -0.3 is 9.64 Å². The number of hydrogen-bond donors (Lipinski definition) is 0. The Labute approximate surface area is 125 Å². The lowest BCUT2D eigenvalue weighted by Crippen LogP contribution is -2.30. The maximum atomic E-state index is 9.41. The second-order valence-electron chi connectivity index (χ2n) is 5.54. The highest BCUT2D eigenvalue weighted by Crippen LogP contribution is 2.38. The van der Waals surface area contributed by atoms with Crippen molar-refractivity contribution in [3.05, 3.63) is 53.6 Å². The first kappa shape index (κ1) is 13.5. The summed E-state index contributed by atoms with van der Waals surface area (Å²) in [6.45, 7) is 3.16. The zero-order valence-electron chi connectivity index (χ0n) is 12.3. The molecule has 106 valence electrons. The molecule has 2 aromatic rings. The van der Waals surface area contributed by atoms with E-state index >= 15 is 0 Å². The normalized spacial score (nSPS) is 17.0. The molecule has 0 saturated heterocycles. The summed E-state index contributed by atoms with van der Waals surface area (Å²) in [5, 5.41) is 9.41. The summed E-state index contributed by atoms with van der Waals surface area (Å²) in [6.07, 6.45) is 1.08. The Hall–Kier alpha value is -2.47. The van der Waals surface area contributed by atoms with E-state index < -0.39 is 0 Å². The molecule has 0 bridgehead atoms. The highest BCUT2D eigenvalue weighted by Gasteiger charge is 2.24. The van der Waals surface area contributed by atoms with Crippen molar-refractivity contribution in [2.45, 2.75) is 13.3 Å². The number of ether oxygens (including phenoxy) is 1. The number of anilines is 2. The zero-order valence-corrected chi connectivity index (χ0v) is 12.3. The molecule has 2 aromatic carbocycles. The maximum absolute atomic E-state index is 9.41. The van der Waals surface area contributed by atoms with Gasteiger partial charge in [-0.3, -0.25) is 0 Å². The summed E-state index contributed by atoms with van der Waals surface area (Å²) in [5.74, 6) is 1.33. The third-order valence-corrected chi connectivity index (χ3v) is 3.96. The molecular weight excluding hydrogens is 260 g/mol. The van der Waals surface area contributed by atoms with Crippen LogP contribution in [0.25, 0.3) is 0 Å². The minimum absolute atomic E-state index is 0.553. The van der Waals surface area contributed by atoms with Gasteiger partial charge in [-0.05, 0) is 36.1 Å². The number of hydrogen-bond acceptors (Lipinski definition) is 3. The Balaban J connectivity index is 2.14. The van der Waals surface area contributed by atoms with Crippen molar-refractivity contribution in [3.8, 4) is 11.8 Å². The first-order valence-corrected chi connectivity index (χ1v) is 7.16. The average Bonchev–Trinajstić information content (AvgIpc) is 2.53. The van der Waals surface area contributed by atoms with E-state index in [-0.39, 0.29) is 0 Å². The first-order chi connectivity index (χ1) is 10.2. The Kier molecular flexibility index (Phi) is 3.53. The van der Waals surface area contributed by atoms with Crippen LogP contribution in [0.1, 0.15) is 18.1 Å². The second kappa shape index (κ2) is 5.49. The van der Waals surface area contributed by atoms with Crippen LogP contribution in [0, 0.1) is 17.2 Å². The monoisotopic (exact) mass is 278 g/mol. The summed E-state index contributed by atoms with van der Waals surface area (Å²) in [4.78, 5) is 2.24. The van der Waals surface area contributed by atoms with Gasteiger partial charge in [-0.1, -0.05) is 25.1 Å². The average molecular weight is 278 g/mol. The minimum Gasteiger partial charge on any atom is -0.497 e. The van der Waals surface area contributed by atoms with E-state index in [2.05, 4.69) is 36.1 Å². The smallest absolute Gasteiger partial charge is 0.121 e. The summed E-state index contributed by atoms with van der Waals surface area (Å²) >= 11 is 0. The minimum atomic E-state index is 0.553. The molecule has 1 aliphatic heterocycles. The van der Waals surface area contributed by atoms with Crippen LogP contribution in [0.3, 0.4) is 0 Å². The summed E-state index contributed by atoms with van der Waals surface area (Å²) in [7, 11) is 1.65. The molecule has 3 rings (SSSR count). The number of nitrogens with zero attached hydrogens (tertiary/aromatic N) is 2. The van der Waals surface area contributed by atoms with Crippen LogP contribution in [0.15, 0.2) is 42.5 Å². The molecule has 1 aliphatic rings. The van der Waals surface area contributed by atoms with Crippen molar-refractivity contribution in [2.24, 2.45) is 5.92 Å². The molecule has 1 atom stereocenters. The van der Waals surface area contributed by atoms with Crippen molar-refractivity contribution >= 4 is 11.4 Å². The number of para-hydroxylation sites is 1. The quantitative estimate of drug-likeness (QED) is 0.836. The molecule has 3 nitrogen and oxygen atoms in total. The Bertz CT molecular complexity index is 703. The van der Waals surface area contributed by atoms with Crippen molar-refractivity contribution < 1.29 is 4.74 Å². The Morgan fingerprint density at radius 1 is 1.19 bits per heavy atom. The Morgan fingerprint density at radius 3 is 2.76 bits per heavy atom. The Morgan fingerprint density at radius 2 is 2.00 bits per heavy atom. The van der Waals surface area contributed by atoms with Gasteiger partial charge in [-0.2, -0.15) is 5.26 Å². The van der Waals surface area contributed by atoms with Crippen molar-refractivity contribution in [2.75, 3.05) is 18.6 Å². The van der Waals surface area contributed by atoms with Gasteiger partial charge >= 0.3 is 0 Å². The molecule has 0 spiro atoms. The van der Waals surface area contributed by atoms with Gasteiger partial charge in [0.25, 0.3) is 0 Å². The predicted octanol–water partition coefficient (Wildman–Crippen LogP) is 3.90. The standard InChI is InChI=1S/C18H18N2O/c1-13-9-14-5-3-4-6-17(14)20(12-13)18-10-16(21-2)8-7-15(18)11-19/h3-8,10,13H,9,12H2,1-2H3. The molecule has 0 saturated carbocycles. The molecule has 0 amide bonds. The van der Waals surface area contributed by atoms with E-state index in [0.717, 1.165) is 24.4 Å². The molecule has 0 radical (unpaired) electrons. The number of benzene rings is 2. The van der Waals surface area contributed by atoms with Crippen molar-refractivity contribution in [1.82, 2.24) is 0 Å². The number of methoxy groups -OCH3 is 1. The van der Waals surface area contributed by atoms with Gasteiger partial charge in [0.1, 0.15) is 11.8 Å². The molecule has 1 unspecified atom stereocenters. The van der Waals surface area contributed by atoms with Gasteiger partial charge in [0.15, 0.2) is 0 Å². The van der Waals surface area contributed by atoms with Crippen LogP contribution in [-0.4, -0.2) is 13.7 Å². The fourth-order valence-electron chi connectivity index (χ4n) is 2.98.